The van der Waals surface area contributed by atoms with Gasteiger partial charge in [-0.2, -0.15) is 5.10 Å². The lowest BCUT2D eigenvalue weighted by Crippen LogP contribution is -2.40. The zero-order valence-electron chi connectivity index (χ0n) is 11.7. The molecule has 2 rings (SSSR count). The van der Waals surface area contributed by atoms with Crippen molar-refractivity contribution in [2.45, 2.75) is 37.8 Å². The third-order valence-electron chi connectivity index (χ3n) is 4.09. The molecule has 1 fully saturated rings. The lowest BCUT2D eigenvalue weighted by atomic mass is 9.90. The molecular formula is C13H21ClN4O. The van der Waals surface area contributed by atoms with Gasteiger partial charge >= 0.3 is 0 Å². The zero-order valence-corrected chi connectivity index (χ0v) is 12.4. The molecule has 19 heavy (non-hydrogen) atoms. The van der Waals surface area contributed by atoms with E-state index in [1.807, 2.05) is 14.1 Å². The Hall–Kier alpha value is -1.07. The zero-order chi connectivity index (χ0) is 14.0. The van der Waals surface area contributed by atoms with E-state index in [9.17, 15) is 4.79 Å². The van der Waals surface area contributed by atoms with E-state index in [0.717, 1.165) is 31.4 Å². The van der Waals surface area contributed by atoms with Crippen LogP contribution in [0.4, 0.5) is 5.69 Å². The minimum atomic E-state index is -0.241. The molecule has 6 heteroatoms. The van der Waals surface area contributed by atoms with Gasteiger partial charge in [-0.05, 0) is 32.7 Å². The van der Waals surface area contributed by atoms with Crippen molar-refractivity contribution in [3.05, 3.63) is 21.6 Å². The molecule has 1 aliphatic carbocycles. The van der Waals surface area contributed by atoms with Gasteiger partial charge in [0.25, 0.3) is 5.56 Å². The molecule has 0 saturated heterocycles. The number of aryl methyl sites for hydroxylation is 1. The third kappa shape index (κ3) is 2.92. The summed E-state index contributed by atoms with van der Waals surface area (Å²) >= 11 is 6.14. The molecule has 0 radical (unpaired) electrons. The molecule has 0 atom stereocenters. The fourth-order valence-electron chi connectivity index (χ4n) is 2.70. The van der Waals surface area contributed by atoms with Crippen LogP contribution < -0.4 is 15.8 Å². The molecule has 1 aromatic rings. The lowest BCUT2D eigenvalue weighted by Gasteiger charge is -2.36. The standard InChI is InChI=1S/C13H21ClN4O/c1-15-9-4-6-10(7-5-9)17(2)11-8-16-18(3)13(19)12(11)14/h8-10,15H,4-7H2,1-3H3. The predicted molar refractivity (Wildman–Crippen MR) is 78.0 cm³/mol. The van der Waals surface area contributed by atoms with Crippen LogP contribution in [0.15, 0.2) is 11.0 Å². The SMILES string of the molecule is CNC1CCC(N(C)c2cnn(C)c(=O)c2Cl)CC1. The first-order valence-corrected chi connectivity index (χ1v) is 7.04. The summed E-state index contributed by atoms with van der Waals surface area (Å²) in [6.45, 7) is 0. The van der Waals surface area contributed by atoms with Crippen molar-refractivity contribution in [1.82, 2.24) is 15.1 Å². The Balaban J connectivity index is 2.15. The van der Waals surface area contributed by atoms with Crippen molar-refractivity contribution in [3.63, 3.8) is 0 Å². The molecule has 0 aromatic carbocycles. The van der Waals surface area contributed by atoms with Crippen LogP contribution >= 0.6 is 11.6 Å². The third-order valence-corrected chi connectivity index (χ3v) is 4.45. The molecule has 0 aliphatic heterocycles. The lowest BCUT2D eigenvalue weighted by molar-refractivity contribution is 0.351. The first kappa shape index (κ1) is 14.3. The number of anilines is 1. The summed E-state index contributed by atoms with van der Waals surface area (Å²) in [6, 6.07) is 1.04. The molecule has 0 bridgehead atoms. The van der Waals surface area contributed by atoms with Gasteiger partial charge in [0, 0.05) is 26.2 Å². The summed E-state index contributed by atoms with van der Waals surface area (Å²) in [4.78, 5) is 13.9. The summed E-state index contributed by atoms with van der Waals surface area (Å²) in [5, 5.41) is 7.63. The fourth-order valence-corrected chi connectivity index (χ4v) is 3.00. The van der Waals surface area contributed by atoms with Crippen molar-refractivity contribution in [2.24, 2.45) is 7.05 Å². The Labute approximate surface area is 118 Å². The molecule has 106 valence electrons. The largest absolute Gasteiger partial charge is 0.369 e. The van der Waals surface area contributed by atoms with Gasteiger partial charge in [0.1, 0.15) is 5.02 Å². The summed E-state index contributed by atoms with van der Waals surface area (Å²) < 4.78 is 1.26. The summed E-state index contributed by atoms with van der Waals surface area (Å²) in [5.41, 5.74) is 0.493. The van der Waals surface area contributed by atoms with E-state index in [4.69, 9.17) is 11.6 Å². The van der Waals surface area contributed by atoms with Crippen molar-refractivity contribution >= 4 is 17.3 Å². The highest BCUT2D eigenvalue weighted by molar-refractivity contribution is 6.33. The van der Waals surface area contributed by atoms with Crippen LogP contribution in [0.25, 0.3) is 0 Å². The van der Waals surface area contributed by atoms with Crippen molar-refractivity contribution in [3.8, 4) is 0 Å². The van der Waals surface area contributed by atoms with Gasteiger partial charge in [0.15, 0.2) is 0 Å². The van der Waals surface area contributed by atoms with Crippen molar-refractivity contribution in [1.29, 1.82) is 0 Å². The fraction of sp³-hybridized carbons (Fsp3) is 0.692. The number of nitrogens with zero attached hydrogens (tertiary/aromatic N) is 3. The number of nitrogens with one attached hydrogen (secondary N) is 1. The Morgan fingerprint density at radius 1 is 1.42 bits per heavy atom. The molecule has 1 saturated carbocycles. The number of aromatic nitrogens is 2. The Bertz CT molecular complexity index is 494. The minimum absolute atomic E-state index is 0.241. The Morgan fingerprint density at radius 3 is 2.63 bits per heavy atom. The summed E-state index contributed by atoms with van der Waals surface area (Å²) in [5.74, 6) is 0. The van der Waals surface area contributed by atoms with Gasteiger partial charge in [0.05, 0.1) is 11.9 Å². The van der Waals surface area contributed by atoms with E-state index < -0.39 is 0 Å². The maximum Gasteiger partial charge on any atom is 0.287 e. The van der Waals surface area contributed by atoms with Crippen LogP contribution in [0.5, 0.6) is 0 Å². The van der Waals surface area contributed by atoms with E-state index in [-0.39, 0.29) is 10.6 Å². The molecular weight excluding hydrogens is 264 g/mol. The Morgan fingerprint density at radius 2 is 2.05 bits per heavy atom. The van der Waals surface area contributed by atoms with E-state index in [2.05, 4.69) is 15.3 Å². The monoisotopic (exact) mass is 284 g/mol. The van der Waals surface area contributed by atoms with Crippen LogP contribution in [-0.4, -0.2) is 36.0 Å². The average Bonchev–Trinajstić information content (AvgIpc) is 2.44. The summed E-state index contributed by atoms with van der Waals surface area (Å²) in [7, 11) is 5.61. The Kier molecular flexibility index (Phi) is 4.47. The van der Waals surface area contributed by atoms with Crippen LogP contribution in [0, 0.1) is 0 Å². The molecule has 1 heterocycles. The molecule has 1 aliphatic rings. The molecule has 0 unspecified atom stereocenters. The van der Waals surface area contributed by atoms with Crippen LogP contribution in [0.1, 0.15) is 25.7 Å². The highest BCUT2D eigenvalue weighted by atomic mass is 35.5. The maximum absolute atomic E-state index is 11.8. The molecule has 0 amide bonds. The second kappa shape index (κ2) is 5.92. The molecule has 5 nitrogen and oxygen atoms in total. The highest BCUT2D eigenvalue weighted by Crippen LogP contribution is 2.28. The van der Waals surface area contributed by atoms with E-state index in [0.29, 0.717) is 12.1 Å². The number of halogens is 1. The second-order valence-corrected chi connectivity index (χ2v) is 5.56. The van der Waals surface area contributed by atoms with Gasteiger partial charge in [-0.25, -0.2) is 4.68 Å². The van der Waals surface area contributed by atoms with Crippen LogP contribution in [0.3, 0.4) is 0 Å². The molecule has 0 spiro atoms. The van der Waals surface area contributed by atoms with Gasteiger partial charge in [0.2, 0.25) is 0 Å². The summed E-state index contributed by atoms with van der Waals surface area (Å²) in [6.07, 6.45) is 6.19. The minimum Gasteiger partial charge on any atom is -0.369 e. The van der Waals surface area contributed by atoms with Gasteiger partial charge in [-0.15, -0.1) is 0 Å². The van der Waals surface area contributed by atoms with Gasteiger partial charge in [-0.1, -0.05) is 11.6 Å². The first-order valence-electron chi connectivity index (χ1n) is 6.66. The smallest absolute Gasteiger partial charge is 0.287 e. The maximum atomic E-state index is 11.8. The number of hydrogen-bond donors (Lipinski definition) is 1. The van der Waals surface area contributed by atoms with E-state index in [1.165, 1.54) is 4.68 Å². The second-order valence-electron chi connectivity index (χ2n) is 5.18. The van der Waals surface area contributed by atoms with Crippen LogP contribution in [-0.2, 0) is 7.05 Å². The highest BCUT2D eigenvalue weighted by Gasteiger charge is 2.25. The molecule has 1 N–H and O–H groups in total. The van der Waals surface area contributed by atoms with E-state index >= 15 is 0 Å². The van der Waals surface area contributed by atoms with Crippen molar-refractivity contribution in [2.75, 3.05) is 19.0 Å². The van der Waals surface area contributed by atoms with Gasteiger partial charge in [-0.3, -0.25) is 4.79 Å². The average molecular weight is 285 g/mol. The van der Waals surface area contributed by atoms with Crippen molar-refractivity contribution < 1.29 is 0 Å². The topological polar surface area (TPSA) is 50.2 Å². The predicted octanol–water partition coefficient (Wildman–Crippen LogP) is 1.40. The quantitative estimate of drug-likeness (QED) is 0.912. The molecule has 1 aromatic heterocycles. The van der Waals surface area contributed by atoms with E-state index in [1.54, 1.807) is 13.2 Å². The number of hydrogen-bond acceptors (Lipinski definition) is 4. The number of rotatable bonds is 3. The first-order chi connectivity index (χ1) is 9.04. The van der Waals surface area contributed by atoms with Gasteiger partial charge < -0.3 is 10.2 Å². The normalized spacial score (nSPS) is 23.4. The van der Waals surface area contributed by atoms with Crippen LogP contribution in [0.2, 0.25) is 5.02 Å².